The monoisotopic (exact) mass is 665 g/mol. The summed E-state index contributed by atoms with van der Waals surface area (Å²) >= 11 is 0. The van der Waals surface area contributed by atoms with Gasteiger partial charge in [0.25, 0.3) is 0 Å². The van der Waals surface area contributed by atoms with E-state index in [1.54, 1.807) is 24.3 Å². The number of Topliss-reactive ketones (excluding diaryl/α,β-unsaturated/α-hetero) is 1. The molecule has 2 N–H and O–H groups in total. The van der Waals surface area contributed by atoms with Crippen molar-refractivity contribution in [3.8, 4) is 0 Å². The molecule has 5 unspecified atom stereocenters. The maximum atomic E-state index is 14.1. The lowest BCUT2D eigenvalue weighted by atomic mass is 9.84. The Morgan fingerprint density at radius 2 is 1.52 bits per heavy atom. The van der Waals surface area contributed by atoms with Crippen molar-refractivity contribution in [2.45, 2.75) is 134 Å². The molecule has 3 aliphatic rings. The Balaban J connectivity index is 1.30. The summed E-state index contributed by atoms with van der Waals surface area (Å²) in [6, 6.07) is 18.0. The van der Waals surface area contributed by atoms with Gasteiger partial charge in [-0.3, -0.25) is 9.59 Å². The van der Waals surface area contributed by atoms with Crippen LogP contribution in [0, 0.1) is 11.8 Å². The summed E-state index contributed by atoms with van der Waals surface area (Å²) in [5, 5.41) is 15.1. The van der Waals surface area contributed by atoms with Crippen molar-refractivity contribution in [3.05, 3.63) is 71.8 Å². The molecule has 5 rings (SSSR count). The molecule has 0 aromatic heterocycles. The molecule has 0 aliphatic carbocycles. The Morgan fingerprint density at radius 3 is 2.21 bits per heavy atom. The Morgan fingerprint density at radius 1 is 0.854 bits per heavy atom. The van der Waals surface area contributed by atoms with Crippen LogP contribution in [0.3, 0.4) is 0 Å². The van der Waals surface area contributed by atoms with Gasteiger partial charge < -0.3 is 34.1 Å². The number of carbonyl (C=O) groups excluding carboxylic acids is 2. The minimum atomic E-state index is -1.22. The molecule has 9 nitrogen and oxygen atoms in total. The van der Waals surface area contributed by atoms with Crippen molar-refractivity contribution < 1.29 is 38.4 Å². The van der Waals surface area contributed by atoms with Gasteiger partial charge in [0.1, 0.15) is 18.1 Å². The summed E-state index contributed by atoms with van der Waals surface area (Å²) < 4.78 is 31.7. The average molecular weight is 666 g/mol. The summed E-state index contributed by atoms with van der Waals surface area (Å²) in [7, 11) is 0. The molecular weight excluding hydrogens is 610 g/mol. The number of ether oxygens (including phenoxy) is 5. The summed E-state index contributed by atoms with van der Waals surface area (Å²) in [6.07, 6.45) is 5.18. The fourth-order valence-electron chi connectivity index (χ4n) is 7.20. The van der Waals surface area contributed by atoms with Gasteiger partial charge in [0, 0.05) is 23.5 Å². The fourth-order valence-corrected chi connectivity index (χ4v) is 7.20. The van der Waals surface area contributed by atoms with E-state index in [-0.39, 0.29) is 30.3 Å². The van der Waals surface area contributed by atoms with Crippen LogP contribution >= 0.6 is 0 Å². The Kier molecular flexibility index (Phi) is 14.0. The quantitative estimate of drug-likeness (QED) is 0.154. The molecule has 10 atom stereocenters. The lowest BCUT2D eigenvalue weighted by molar-refractivity contribution is -0.357. The number of rotatable bonds is 16. The minimum absolute atomic E-state index is 0.0293. The Bertz CT molecular complexity index is 1260. The molecule has 48 heavy (non-hydrogen) atoms. The SMILES string of the molecule is CCCCCCCCCCC(=O)N[C@H]1C(CC)OCC(C)[C@H]1O[C@H]1OC2COC(c3ccccc3)O[C@@H]2[C@H](O)C1C(=O)c1ccccc1. The van der Waals surface area contributed by atoms with E-state index >= 15 is 0 Å². The van der Waals surface area contributed by atoms with Crippen LogP contribution in [0.1, 0.15) is 107 Å². The zero-order chi connectivity index (χ0) is 33.9. The third-order valence-electron chi connectivity index (χ3n) is 9.97. The summed E-state index contributed by atoms with van der Waals surface area (Å²) in [5.41, 5.74) is 1.27. The number of aliphatic hydroxyl groups is 1. The lowest BCUT2D eigenvalue weighted by Crippen LogP contribution is -2.64. The molecule has 9 heteroatoms. The second kappa shape index (κ2) is 18.4. The molecule has 3 fully saturated rings. The predicted octanol–water partition coefficient (Wildman–Crippen LogP) is 6.53. The molecule has 0 saturated carbocycles. The van der Waals surface area contributed by atoms with Crippen molar-refractivity contribution in [2.75, 3.05) is 13.2 Å². The van der Waals surface area contributed by atoms with E-state index in [4.69, 9.17) is 23.7 Å². The van der Waals surface area contributed by atoms with Gasteiger partial charge in [-0.05, 0) is 12.8 Å². The van der Waals surface area contributed by atoms with Crippen molar-refractivity contribution in [2.24, 2.45) is 11.8 Å². The van der Waals surface area contributed by atoms with Gasteiger partial charge in [-0.1, -0.05) is 126 Å². The second-order valence-electron chi connectivity index (χ2n) is 13.6. The molecule has 2 aromatic carbocycles. The maximum Gasteiger partial charge on any atom is 0.220 e. The van der Waals surface area contributed by atoms with Crippen LogP contribution in [0.5, 0.6) is 0 Å². The number of aliphatic hydroxyl groups excluding tert-OH is 1. The summed E-state index contributed by atoms with van der Waals surface area (Å²) in [4.78, 5) is 27.3. The number of fused-ring (bicyclic) bond motifs is 1. The molecule has 3 heterocycles. The number of hydrogen-bond donors (Lipinski definition) is 2. The topological polar surface area (TPSA) is 113 Å². The first-order chi connectivity index (χ1) is 23.4. The Labute approximate surface area is 286 Å². The van der Waals surface area contributed by atoms with Gasteiger partial charge in [0.05, 0.1) is 37.6 Å². The number of hydrogen-bond acceptors (Lipinski definition) is 8. The standard InChI is InChI=1S/C39H55NO8/c1-4-6-7-8-9-10-11-18-23-31(41)40-33-29(5-2)44-24-26(3)36(33)47-39-32(34(42)27-19-14-12-15-20-27)35(43)37-30(46-39)25-45-38(48-37)28-21-16-13-17-22-28/h12-17,19-22,26,29-30,32-33,35-39,43H,4-11,18,23-25H2,1-3H3,(H,40,41)/t26?,29?,30?,32?,33-,35+,36+,37-,38?,39+/m0/s1. The van der Waals surface area contributed by atoms with Crippen LogP contribution in [-0.4, -0.2) is 72.9 Å². The van der Waals surface area contributed by atoms with Crippen molar-refractivity contribution in [1.29, 1.82) is 0 Å². The first-order valence-corrected chi connectivity index (χ1v) is 18.2. The van der Waals surface area contributed by atoms with Gasteiger partial charge in [-0.15, -0.1) is 0 Å². The second-order valence-corrected chi connectivity index (χ2v) is 13.6. The van der Waals surface area contributed by atoms with Crippen molar-refractivity contribution in [1.82, 2.24) is 5.32 Å². The van der Waals surface area contributed by atoms with E-state index < -0.39 is 49.0 Å². The molecular formula is C39H55NO8. The van der Waals surface area contributed by atoms with Gasteiger partial charge in [0.2, 0.25) is 5.91 Å². The predicted molar refractivity (Wildman–Crippen MR) is 182 cm³/mol. The molecule has 264 valence electrons. The third kappa shape index (κ3) is 9.31. The molecule has 0 radical (unpaired) electrons. The van der Waals surface area contributed by atoms with Gasteiger partial charge in [0.15, 0.2) is 18.4 Å². The Hall–Kier alpha value is -2.66. The van der Waals surface area contributed by atoms with E-state index in [0.29, 0.717) is 25.0 Å². The van der Waals surface area contributed by atoms with Crippen LogP contribution in [0.15, 0.2) is 60.7 Å². The van der Waals surface area contributed by atoms with Gasteiger partial charge >= 0.3 is 0 Å². The van der Waals surface area contributed by atoms with E-state index in [9.17, 15) is 14.7 Å². The molecule has 0 spiro atoms. The van der Waals surface area contributed by atoms with E-state index in [2.05, 4.69) is 12.2 Å². The minimum Gasteiger partial charge on any atom is -0.389 e. The number of amides is 1. The number of benzene rings is 2. The van der Waals surface area contributed by atoms with Crippen LogP contribution in [0.2, 0.25) is 0 Å². The third-order valence-corrected chi connectivity index (χ3v) is 9.97. The average Bonchev–Trinajstić information content (AvgIpc) is 3.11. The normalized spacial score (nSPS) is 31.9. The number of carbonyl (C=O) groups is 2. The van der Waals surface area contributed by atoms with Crippen LogP contribution in [-0.2, 0) is 28.5 Å². The molecule has 3 saturated heterocycles. The zero-order valence-electron chi connectivity index (χ0n) is 28.8. The molecule has 0 bridgehead atoms. The first-order valence-electron chi connectivity index (χ1n) is 18.2. The highest BCUT2D eigenvalue weighted by Gasteiger charge is 2.54. The summed E-state index contributed by atoms with van der Waals surface area (Å²) in [5.74, 6) is -1.49. The van der Waals surface area contributed by atoms with E-state index in [1.165, 1.54) is 32.1 Å². The highest BCUT2D eigenvalue weighted by molar-refractivity contribution is 5.98. The van der Waals surface area contributed by atoms with E-state index in [1.807, 2.05) is 50.2 Å². The summed E-state index contributed by atoms with van der Waals surface area (Å²) in [6.45, 7) is 6.87. The van der Waals surface area contributed by atoms with Crippen LogP contribution < -0.4 is 5.32 Å². The van der Waals surface area contributed by atoms with Gasteiger partial charge in [-0.2, -0.15) is 0 Å². The van der Waals surface area contributed by atoms with Gasteiger partial charge in [-0.25, -0.2) is 0 Å². The highest BCUT2D eigenvalue weighted by atomic mass is 16.7. The maximum absolute atomic E-state index is 14.1. The lowest BCUT2D eigenvalue weighted by Gasteiger charge is -2.50. The smallest absolute Gasteiger partial charge is 0.220 e. The van der Waals surface area contributed by atoms with Crippen LogP contribution in [0.4, 0.5) is 0 Å². The van der Waals surface area contributed by atoms with Crippen molar-refractivity contribution in [3.63, 3.8) is 0 Å². The zero-order valence-corrected chi connectivity index (χ0v) is 28.8. The van der Waals surface area contributed by atoms with Crippen LogP contribution in [0.25, 0.3) is 0 Å². The fraction of sp³-hybridized carbons (Fsp3) is 0.641. The van der Waals surface area contributed by atoms with Crippen molar-refractivity contribution >= 4 is 11.7 Å². The number of ketones is 1. The molecule has 3 aliphatic heterocycles. The molecule has 1 amide bonds. The molecule has 2 aromatic rings. The number of nitrogens with one attached hydrogen (secondary N) is 1. The highest BCUT2D eigenvalue weighted by Crippen LogP contribution is 2.39. The van der Waals surface area contributed by atoms with E-state index in [0.717, 1.165) is 24.8 Å². The largest absolute Gasteiger partial charge is 0.389 e. The number of unbranched alkanes of at least 4 members (excludes halogenated alkanes) is 7. The first kappa shape index (κ1) is 36.6.